The zero-order valence-corrected chi connectivity index (χ0v) is 16.5. The van der Waals surface area contributed by atoms with Crippen molar-refractivity contribution in [2.45, 2.75) is 18.0 Å². The quantitative estimate of drug-likeness (QED) is 0.469. The van der Waals surface area contributed by atoms with E-state index in [0.29, 0.717) is 4.90 Å². The minimum Gasteiger partial charge on any atom is -0.478 e. The van der Waals surface area contributed by atoms with E-state index in [1.165, 1.54) is 43.0 Å². The highest BCUT2D eigenvalue weighted by atomic mass is 32.2. The minimum atomic E-state index is -5.07. The Kier molecular flexibility index (Phi) is 7.00. The van der Waals surface area contributed by atoms with Gasteiger partial charge in [0.05, 0.1) is 16.9 Å². The maximum absolute atomic E-state index is 12.7. The fourth-order valence-electron chi connectivity index (χ4n) is 2.34. The molecule has 0 aliphatic carbocycles. The number of aromatic carboxylic acids is 1. The van der Waals surface area contributed by atoms with Crippen LogP contribution in [0.25, 0.3) is 0 Å². The maximum atomic E-state index is 12.7. The van der Waals surface area contributed by atoms with Crippen LogP contribution in [0.5, 0.6) is 0 Å². The molecule has 5 N–H and O–H groups in total. The lowest BCUT2D eigenvalue weighted by molar-refractivity contribution is -0.200. The average Bonchev–Trinajstić information content (AvgIpc) is 3.07. The number of carbonyl (C=O) groups excluding carboxylic acids is 2. The summed E-state index contributed by atoms with van der Waals surface area (Å²) < 4.78 is 49.0. The average molecular weight is 461 g/mol. The first-order valence-corrected chi connectivity index (χ1v) is 9.22. The number of fused-ring (bicyclic) bond motifs is 1. The summed E-state index contributed by atoms with van der Waals surface area (Å²) in [6.45, 7) is 1.47. The predicted octanol–water partition coefficient (Wildman–Crippen LogP) is 3.09. The fraction of sp³-hybridized carbons (Fsp3) is 0.167. The molecule has 0 aromatic heterocycles. The van der Waals surface area contributed by atoms with Crippen LogP contribution >= 0.6 is 11.8 Å². The normalized spacial score (nSPS) is 12.5. The number of nitrogen functional groups attached to an aromatic ring is 1. The van der Waals surface area contributed by atoms with Gasteiger partial charge in [0.2, 0.25) is 5.91 Å². The summed E-state index contributed by atoms with van der Waals surface area (Å²) in [6, 6.07) is 6.50. The molecule has 1 amide bonds. The van der Waals surface area contributed by atoms with Crippen molar-refractivity contribution in [1.29, 1.82) is 0 Å². The Balaban J connectivity index is 0.000000245. The summed E-state index contributed by atoms with van der Waals surface area (Å²) in [5.41, 5.74) is 10.9. The molecule has 0 saturated carbocycles. The van der Waals surface area contributed by atoms with E-state index in [9.17, 15) is 31.9 Å². The van der Waals surface area contributed by atoms with E-state index in [1.807, 2.05) is 0 Å². The molecular weight excluding hydrogens is 446 g/mol. The molecule has 3 rings (SSSR count). The largest absolute Gasteiger partial charge is 0.493 e. The van der Waals surface area contributed by atoms with Crippen LogP contribution in [0.3, 0.4) is 0 Å². The zero-order valence-electron chi connectivity index (χ0n) is 15.7. The van der Waals surface area contributed by atoms with Gasteiger partial charge < -0.3 is 21.4 Å². The van der Waals surface area contributed by atoms with Crippen LogP contribution in [0, 0.1) is 12.7 Å². The molecule has 1 aliphatic rings. The number of nitrogens with zero attached hydrogens (tertiary/aromatic N) is 1. The number of benzene rings is 2. The Morgan fingerprint density at radius 3 is 2.39 bits per heavy atom. The second-order valence-corrected chi connectivity index (χ2v) is 7.00. The van der Waals surface area contributed by atoms with Crippen molar-refractivity contribution in [2.75, 3.05) is 16.7 Å². The van der Waals surface area contributed by atoms with Crippen LogP contribution < -0.4 is 16.5 Å². The van der Waals surface area contributed by atoms with Crippen molar-refractivity contribution in [3.8, 4) is 0 Å². The number of primary amides is 1. The first-order chi connectivity index (χ1) is 14.3. The number of amides is 1. The molecule has 0 bridgehead atoms. The molecule has 2 aromatic carbocycles. The molecule has 2 aromatic rings. The number of hydrogen-bond acceptors (Lipinski definition) is 7. The van der Waals surface area contributed by atoms with E-state index in [4.69, 9.17) is 16.6 Å². The number of hydroxylamine groups is 1. The lowest BCUT2D eigenvalue weighted by atomic mass is 10.1. The van der Waals surface area contributed by atoms with Crippen molar-refractivity contribution < 1.29 is 41.9 Å². The lowest BCUT2D eigenvalue weighted by Crippen LogP contribution is -2.33. The Morgan fingerprint density at radius 2 is 1.84 bits per heavy atom. The van der Waals surface area contributed by atoms with Gasteiger partial charge in [0.15, 0.2) is 0 Å². The molecule has 0 saturated heterocycles. The first-order valence-electron chi connectivity index (χ1n) is 8.24. The SMILES string of the molecule is Cc1c(C(=O)O)ccc(F)c1N.NC(=O)c1ccc2c(c1)N(OC(=O)C(F)(F)F)CS2. The first kappa shape index (κ1) is 23.8. The van der Waals surface area contributed by atoms with E-state index < -0.39 is 29.8 Å². The number of rotatable bonds is 3. The summed E-state index contributed by atoms with van der Waals surface area (Å²) in [5.74, 6) is -4.71. The minimum absolute atomic E-state index is 0.0133. The number of hydrogen-bond donors (Lipinski definition) is 3. The molecule has 13 heteroatoms. The van der Waals surface area contributed by atoms with E-state index >= 15 is 0 Å². The maximum Gasteiger partial charge on any atom is 0.493 e. The molecule has 1 heterocycles. The van der Waals surface area contributed by atoms with Gasteiger partial charge in [-0.1, -0.05) is 11.8 Å². The molecule has 31 heavy (non-hydrogen) atoms. The van der Waals surface area contributed by atoms with Crippen molar-refractivity contribution >= 4 is 41.0 Å². The fourth-order valence-corrected chi connectivity index (χ4v) is 3.26. The van der Waals surface area contributed by atoms with Gasteiger partial charge >= 0.3 is 18.1 Å². The van der Waals surface area contributed by atoms with Gasteiger partial charge in [-0.25, -0.2) is 14.0 Å². The number of alkyl halides is 3. The van der Waals surface area contributed by atoms with Crippen molar-refractivity contribution in [1.82, 2.24) is 0 Å². The van der Waals surface area contributed by atoms with E-state index in [0.717, 1.165) is 11.1 Å². The molecule has 0 radical (unpaired) electrons. The Bertz CT molecular complexity index is 1050. The van der Waals surface area contributed by atoms with Gasteiger partial charge in [-0.2, -0.15) is 18.2 Å². The van der Waals surface area contributed by atoms with Gasteiger partial charge in [-0.05, 0) is 42.8 Å². The van der Waals surface area contributed by atoms with Gasteiger partial charge in [0.1, 0.15) is 11.7 Å². The van der Waals surface area contributed by atoms with Crippen LogP contribution in [-0.2, 0) is 9.63 Å². The van der Waals surface area contributed by atoms with Crippen molar-refractivity contribution in [3.63, 3.8) is 0 Å². The van der Waals surface area contributed by atoms with Gasteiger partial charge in [0, 0.05) is 10.5 Å². The van der Waals surface area contributed by atoms with Crippen molar-refractivity contribution in [3.05, 3.63) is 52.8 Å². The summed E-state index contributed by atoms with van der Waals surface area (Å²) in [4.78, 5) is 37.1. The van der Waals surface area contributed by atoms with Crippen molar-refractivity contribution in [2.24, 2.45) is 5.73 Å². The topological polar surface area (TPSA) is 136 Å². The molecule has 0 unspecified atom stereocenters. The standard InChI is InChI=1S/C10H7F3N2O3S.C8H8FNO2/c11-10(12,13)9(17)18-15-4-19-7-2-1-5(8(14)16)3-6(7)15;1-4-5(8(11)12)2-3-6(9)7(4)10/h1-3H,4H2,(H2,14,16);2-3H,10H2,1H3,(H,11,12). The number of halogens is 4. The number of carboxylic acid groups (broad SMARTS) is 1. The third kappa shape index (κ3) is 5.57. The Morgan fingerprint density at radius 1 is 1.19 bits per heavy atom. The van der Waals surface area contributed by atoms with Crippen LogP contribution in [0.15, 0.2) is 35.2 Å². The highest BCUT2D eigenvalue weighted by molar-refractivity contribution is 7.99. The molecule has 0 atom stereocenters. The summed E-state index contributed by atoms with van der Waals surface area (Å²) in [5, 5.41) is 9.38. The third-order valence-corrected chi connectivity index (χ3v) is 4.99. The second-order valence-electron chi connectivity index (χ2n) is 6.01. The van der Waals surface area contributed by atoms with E-state index in [-0.39, 0.29) is 33.9 Å². The zero-order chi connectivity index (χ0) is 23.5. The second kappa shape index (κ2) is 9.12. The lowest BCUT2D eigenvalue weighted by Gasteiger charge is -2.18. The molecule has 0 spiro atoms. The summed E-state index contributed by atoms with van der Waals surface area (Å²) in [6.07, 6.45) is -5.07. The molecule has 1 aliphatic heterocycles. The summed E-state index contributed by atoms with van der Waals surface area (Å²) in [7, 11) is 0. The van der Waals surface area contributed by atoms with Gasteiger partial charge in [-0.15, -0.1) is 0 Å². The number of nitrogens with two attached hydrogens (primary N) is 2. The van der Waals surface area contributed by atoms with Crippen LogP contribution in [0.2, 0.25) is 0 Å². The van der Waals surface area contributed by atoms with Gasteiger partial charge in [-0.3, -0.25) is 4.79 Å². The summed E-state index contributed by atoms with van der Waals surface area (Å²) >= 11 is 1.18. The number of thioether (sulfide) groups is 1. The predicted molar refractivity (Wildman–Crippen MR) is 103 cm³/mol. The monoisotopic (exact) mass is 461 g/mol. The number of carboxylic acids is 1. The number of anilines is 2. The highest BCUT2D eigenvalue weighted by Gasteiger charge is 2.43. The smallest absolute Gasteiger partial charge is 0.478 e. The van der Waals surface area contributed by atoms with E-state index in [2.05, 4.69) is 4.84 Å². The molecule has 166 valence electrons. The van der Waals surface area contributed by atoms with Crippen LogP contribution in [-0.4, -0.2) is 35.0 Å². The molecule has 0 fully saturated rings. The molecular formula is C18H15F4N3O5S. The third-order valence-electron chi connectivity index (χ3n) is 3.97. The van der Waals surface area contributed by atoms with Crippen LogP contribution in [0.1, 0.15) is 26.3 Å². The molecule has 8 nitrogen and oxygen atoms in total. The number of carbonyl (C=O) groups is 3. The Labute approximate surface area is 176 Å². The highest BCUT2D eigenvalue weighted by Crippen LogP contribution is 2.39. The van der Waals surface area contributed by atoms with E-state index in [1.54, 1.807) is 0 Å². The van der Waals surface area contributed by atoms with Crippen LogP contribution in [0.4, 0.5) is 28.9 Å². The van der Waals surface area contributed by atoms with Gasteiger partial charge in [0.25, 0.3) is 0 Å². The Hall–Kier alpha value is -3.48.